The van der Waals surface area contributed by atoms with Crippen molar-refractivity contribution in [1.29, 1.82) is 0 Å². The molecule has 0 saturated carbocycles. The Hall–Kier alpha value is -3.42. The van der Waals surface area contributed by atoms with E-state index < -0.39 is 17.6 Å². The minimum atomic E-state index is -4.42. The highest BCUT2D eigenvalue weighted by Crippen LogP contribution is 2.31. The lowest BCUT2D eigenvalue weighted by Crippen LogP contribution is -2.23. The summed E-state index contributed by atoms with van der Waals surface area (Å²) in [6.45, 7) is 0.291. The number of hydrogen-bond acceptors (Lipinski definition) is 4. The van der Waals surface area contributed by atoms with Gasteiger partial charge in [0, 0.05) is 36.5 Å². The molecular weight excluding hydrogens is 357 g/mol. The first-order valence-electron chi connectivity index (χ1n) is 7.99. The predicted octanol–water partition coefficient (Wildman–Crippen LogP) is 4.17. The molecule has 0 aliphatic rings. The molecule has 0 aliphatic heterocycles. The van der Waals surface area contributed by atoms with Gasteiger partial charge in [-0.05, 0) is 42.0 Å². The molecule has 0 fully saturated rings. The van der Waals surface area contributed by atoms with Crippen LogP contribution >= 0.6 is 0 Å². The van der Waals surface area contributed by atoms with Crippen LogP contribution in [0.1, 0.15) is 21.6 Å². The number of hydrogen-bond donors (Lipinski definition) is 2. The molecule has 0 radical (unpaired) electrons. The maximum Gasteiger partial charge on any atom is 0.416 e. The molecular formula is C19H15F3N4O. The third-order valence-electron chi connectivity index (χ3n) is 3.65. The molecule has 2 N–H and O–H groups in total. The van der Waals surface area contributed by atoms with Gasteiger partial charge < -0.3 is 10.6 Å². The third-order valence-corrected chi connectivity index (χ3v) is 3.65. The number of pyridine rings is 2. The van der Waals surface area contributed by atoms with Gasteiger partial charge in [-0.25, -0.2) is 0 Å². The number of nitrogens with zero attached hydrogens (tertiary/aromatic N) is 2. The first-order chi connectivity index (χ1) is 12.9. The fourth-order valence-corrected chi connectivity index (χ4v) is 2.35. The van der Waals surface area contributed by atoms with Gasteiger partial charge >= 0.3 is 6.18 Å². The first-order valence-corrected chi connectivity index (χ1v) is 7.99. The van der Waals surface area contributed by atoms with E-state index in [2.05, 4.69) is 20.6 Å². The maximum atomic E-state index is 12.8. The SMILES string of the molecule is O=C(NCc1cccnc1)c1cc(Nc2cccc(C(F)(F)F)c2)ccn1. The Balaban J connectivity index is 1.69. The minimum absolute atomic E-state index is 0.149. The molecule has 27 heavy (non-hydrogen) atoms. The summed E-state index contributed by atoms with van der Waals surface area (Å²) in [5.74, 6) is -0.397. The molecule has 0 bridgehead atoms. The third kappa shape index (κ3) is 5.04. The average Bonchev–Trinajstić information content (AvgIpc) is 2.67. The van der Waals surface area contributed by atoms with E-state index in [0.29, 0.717) is 12.2 Å². The summed E-state index contributed by atoms with van der Waals surface area (Å²) < 4.78 is 38.4. The van der Waals surface area contributed by atoms with Gasteiger partial charge in [-0.3, -0.25) is 14.8 Å². The van der Waals surface area contributed by atoms with Crippen molar-refractivity contribution in [3.05, 3.63) is 83.9 Å². The normalized spacial score (nSPS) is 11.1. The van der Waals surface area contributed by atoms with Crippen molar-refractivity contribution in [3.63, 3.8) is 0 Å². The smallest absolute Gasteiger partial charge is 0.355 e. The summed E-state index contributed by atoms with van der Waals surface area (Å²) in [6.07, 6.45) is 0.261. The Bertz CT molecular complexity index is 929. The number of alkyl halides is 3. The van der Waals surface area contributed by atoms with Gasteiger partial charge in [-0.2, -0.15) is 13.2 Å². The zero-order chi connectivity index (χ0) is 19.3. The second-order valence-electron chi connectivity index (χ2n) is 5.68. The summed E-state index contributed by atoms with van der Waals surface area (Å²) in [7, 11) is 0. The second-order valence-corrected chi connectivity index (χ2v) is 5.68. The highest BCUT2D eigenvalue weighted by molar-refractivity contribution is 5.93. The van der Waals surface area contributed by atoms with Gasteiger partial charge in [-0.15, -0.1) is 0 Å². The number of aromatic nitrogens is 2. The molecule has 3 aromatic rings. The van der Waals surface area contributed by atoms with Crippen LogP contribution in [0.4, 0.5) is 24.5 Å². The van der Waals surface area contributed by atoms with Gasteiger partial charge in [0.25, 0.3) is 5.91 Å². The van der Waals surface area contributed by atoms with Crippen molar-refractivity contribution in [2.75, 3.05) is 5.32 Å². The van der Waals surface area contributed by atoms with Crippen LogP contribution in [0.25, 0.3) is 0 Å². The lowest BCUT2D eigenvalue weighted by molar-refractivity contribution is -0.137. The van der Waals surface area contributed by atoms with Crippen LogP contribution in [0.2, 0.25) is 0 Å². The Morgan fingerprint density at radius 2 is 1.81 bits per heavy atom. The van der Waals surface area contributed by atoms with Crippen LogP contribution in [-0.4, -0.2) is 15.9 Å². The molecule has 1 amide bonds. The molecule has 0 aliphatic carbocycles. The summed E-state index contributed by atoms with van der Waals surface area (Å²) in [5.41, 5.74) is 0.949. The number of nitrogens with one attached hydrogen (secondary N) is 2. The highest BCUT2D eigenvalue weighted by atomic mass is 19.4. The Kier molecular flexibility index (Phi) is 5.35. The maximum absolute atomic E-state index is 12.8. The lowest BCUT2D eigenvalue weighted by atomic mass is 10.2. The number of carbonyl (C=O) groups excluding carboxylic acids is 1. The van der Waals surface area contributed by atoms with Gasteiger partial charge in [0.1, 0.15) is 5.69 Å². The monoisotopic (exact) mass is 372 g/mol. The van der Waals surface area contributed by atoms with Crippen molar-refractivity contribution < 1.29 is 18.0 Å². The van der Waals surface area contributed by atoms with E-state index in [1.807, 2.05) is 6.07 Å². The number of amides is 1. The predicted molar refractivity (Wildman–Crippen MR) is 94.4 cm³/mol. The number of carbonyl (C=O) groups is 1. The zero-order valence-electron chi connectivity index (χ0n) is 14.0. The van der Waals surface area contributed by atoms with Gasteiger partial charge in [-0.1, -0.05) is 12.1 Å². The molecule has 0 atom stereocenters. The Morgan fingerprint density at radius 3 is 2.56 bits per heavy atom. The minimum Gasteiger partial charge on any atom is -0.355 e. The second kappa shape index (κ2) is 7.86. The van der Waals surface area contributed by atoms with Crippen LogP contribution in [-0.2, 0) is 12.7 Å². The van der Waals surface area contributed by atoms with E-state index in [1.54, 1.807) is 24.5 Å². The van der Waals surface area contributed by atoms with Crippen molar-refractivity contribution in [2.24, 2.45) is 0 Å². The van der Waals surface area contributed by atoms with E-state index in [4.69, 9.17) is 0 Å². The van der Waals surface area contributed by atoms with Crippen molar-refractivity contribution in [1.82, 2.24) is 15.3 Å². The number of benzene rings is 1. The largest absolute Gasteiger partial charge is 0.416 e. The zero-order valence-corrected chi connectivity index (χ0v) is 14.0. The van der Waals surface area contributed by atoms with E-state index in [1.165, 1.54) is 24.4 Å². The molecule has 8 heteroatoms. The van der Waals surface area contributed by atoms with E-state index in [-0.39, 0.29) is 11.4 Å². The first kappa shape index (κ1) is 18.4. The van der Waals surface area contributed by atoms with Crippen LogP contribution in [0.15, 0.2) is 67.1 Å². The summed E-state index contributed by atoms with van der Waals surface area (Å²) in [5, 5.41) is 5.57. The fraction of sp³-hybridized carbons (Fsp3) is 0.105. The molecule has 0 unspecified atom stereocenters. The standard InChI is InChI=1S/C19H15F3N4O/c20-19(21,22)14-4-1-5-15(9-14)26-16-6-8-24-17(10-16)18(27)25-12-13-3-2-7-23-11-13/h1-11H,12H2,(H,24,26)(H,25,27). The molecule has 2 aromatic heterocycles. The molecule has 0 saturated heterocycles. The van der Waals surface area contributed by atoms with Crippen molar-refractivity contribution in [2.45, 2.75) is 12.7 Å². The van der Waals surface area contributed by atoms with Gasteiger partial charge in [0.05, 0.1) is 5.56 Å². The van der Waals surface area contributed by atoms with Crippen molar-refractivity contribution in [3.8, 4) is 0 Å². The number of anilines is 2. The fourth-order valence-electron chi connectivity index (χ4n) is 2.35. The van der Waals surface area contributed by atoms with Gasteiger partial charge in [0.15, 0.2) is 0 Å². The van der Waals surface area contributed by atoms with Crippen LogP contribution in [0.5, 0.6) is 0 Å². The average molecular weight is 372 g/mol. The molecule has 138 valence electrons. The van der Waals surface area contributed by atoms with Crippen LogP contribution < -0.4 is 10.6 Å². The molecule has 5 nitrogen and oxygen atoms in total. The lowest BCUT2D eigenvalue weighted by Gasteiger charge is -2.11. The molecule has 3 rings (SSSR count). The van der Waals surface area contributed by atoms with Gasteiger partial charge in [0.2, 0.25) is 0 Å². The summed E-state index contributed by atoms with van der Waals surface area (Å²) >= 11 is 0. The Morgan fingerprint density at radius 1 is 1.00 bits per heavy atom. The van der Waals surface area contributed by atoms with E-state index >= 15 is 0 Å². The van der Waals surface area contributed by atoms with E-state index in [9.17, 15) is 18.0 Å². The summed E-state index contributed by atoms with van der Waals surface area (Å²) in [6, 6.07) is 11.5. The van der Waals surface area contributed by atoms with Crippen LogP contribution in [0, 0.1) is 0 Å². The van der Waals surface area contributed by atoms with Crippen molar-refractivity contribution >= 4 is 17.3 Å². The molecule has 1 aromatic carbocycles. The number of halogens is 3. The molecule has 2 heterocycles. The topological polar surface area (TPSA) is 66.9 Å². The molecule has 0 spiro atoms. The highest BCUT2D eigenvalue weighted by Gasteiger charge is 2.30. The number of rotatable bonds is 5. The Labute approximate surface area is 153 Å². The summed E-state index contributed by atoms with van der Waals surface area (Å²) in [4.78, 5) is 20.2. The quantitative estimate of drug-likeness (QED) is 0.706. The van der Waals surface area contributed by atoms with Crippen LogP contribution in [0.3, 0.4) is 0 Å². The van der Waals surface area contributed by atoms with E-state index in [0.717, 1.165) is 17.7 Å².